The minimum atomic E-state index is -0.606. The van der Waals surface area contributed by atoms with Crippen molar-refractivity contribution in [1.82, 2.24) is 14.8 Å². The van der Waals surface area contributed by atoms with E-state index in [9.17, 15) is 14.9 Å². The molecule has 0 saturated heterocycles. The molecule has 0 aliphatic rings. The van der Waals surface area contributed by atoms with E-state index < -0.39 is 5.25 Å². The number of benzene rings is 3. The largest absolute Gasteiger partial charge is 0.310 e. The van der Waals surface area contributed by atoms with Crippen LogP contribution in [-0.2, 0) is 4.79 Å². The number of aromatic nitrogens is 3. The molecule has 5 aromatic rings. The van der Waals surface area contributed by atoms with Crippen molar-refractivity contribution >= 4 is 23.5 Å². The van der Waals surface area contributed by atoms with Crippen molar-refractivity contribution in [2.24, 2.45) is 0 Å². The molecule has 8 heteroatoms. The normalized spacial score (nSPS) is 11.5. The lowest BCUT2D eigenvalue weighted by Crippen LogP contribution is -2.23. The molecule has 3 aromatic carbocycles. The van der Waals surface area contributed by atoms with Crippen molar-refractivity contribution in [3.8, 4) is 34.1 Å². The predicted octanol–water partition coefficient (Wildman–Crippen LogP) is 6.19. The highest BCUT2D eigenvalue weighted by atomic mass is 32.2. The summed E-state index contributed by atoms with van der Waals surface area (Å²) in [5.74, 6) is -0.0395. The SMILES string of the molecule is Cc1ccc(-c2cc(-c3ccccc3)nc(SC(C)C(=O)Nc3cc(=O)n(-c4ccccc4)[nH]3)c2C#N)cc1. The van der Waals surface area contributed by atoms with Gasteiger partial charge in [-0.25, -0.2) is 9.67 Å². The number of rotatable bonds is 7. The highest BCUT2D eigenvalue weighted by Gasteiger charge is 2.22. The van der Waals surface area contributed by atoms with Crippen LogP contribution in [0, 0.1) is 18.3 Å². The molecule has 7 nitrogen and oxygen atoms in total. The summed E-state index contributed by atoms with van der Waals surface area (Å²) in [5, 5.41) is 15.7. The number of carbonyl (C=O) groups is 1. The molecular formula is C31H25N5O2S. The van der Waals surface area contributed by atoms with Gasteiger partial charge in [-0.1, -0.05) is 90.1 Å². The van der Waals surface area contributed by atoms with Crippen LogP contribution < -0.4 is 10.9 Å². The van der Waals surface area contributed by atoms with Crippen LogP contribution in [0.2, 0.25) is 0 Å². The Morgan fingerprint density at radius 2 is 1.64 bits per heavy atom. The number of nitriles is 1. The fourth-order valence-electron chi connectivity index (χ4n) is 4.12. The van der Waals surface area contributed by atoms with Gasteiger partial charge in [0.25, 0.3) is 5.56 Å². The van der Waals surface area contributed by atoms with Gasteiger partial charge in [-0.05, 0) is 37.6 Å². The summed E-state index contributed by atoms with van der Waals surface area (Å²) in [4.78, 5) is 30.4. The summed E-state index contributed by atoms with van der Waals surface area (Å²) >= 11 is 1.21. The molecule has 39 heavy (non-hydrogen) atoms. The van der Waals surface area contributed by atoms with E-state index in [1.54, 1.807) is 19.1 Å². The molecule has 0 aliphatic heterocycles. The number of aryl methyl sites for hydroxylation is 1. The highest BCUT2D eigenvalue weighted by Crippen LogP contribution is 2.36. The van der Waals surface area contributed by atoms with E-state index in [1.807, 2.05) is 85.8 Å². The zero-order chi connectivity index (χ0) is 27.4. The third-order valence-corrected chi connectivity index (χ3v) is 7.27. The molecule has 192 valence electrons. The predicted molar refractivity (Wildman–Crippen MR) is 155 cm³/mol. The van der Waals surface area contributed by atoms with Crippen LogP contribution in [0.1, 0.15) is 18.1 Å². The molecular weight excluding hydrogens is 506 g/mol. The van der Waals surface area contributed by atoms with E-state index in [4.69, 9.17) is 4.98 Å². The molecule has 1 amide bonds. The minimum Gasteiger partial charge on any atom is -0.310 e. The highest BCUT2D eigenvalue weighted by molar-refractivity contribution is 8.00. The van der Waals surface area contributed by atoms with Crippen LogP contribution in [0.25, 0.3) is 28.1 Å². The maximum absolute atomic E-state index is 13.1. The van der Waals surface area contributed by atoms with Crippen molar-refractivity contribution in [2.45, 2.75) is 24.1 Å². The van der Waals surface area contributed by atoms with Crippen molar-refractivity contribution in [1.29, 1.82) is 5.26 Å². The fourth-order valence-corrected chi connectivity index (χ4v) is 5.04. The average molecular weight is 532 g/mol. The summed E-state index contributed by atoms with van der Waals surface area (Å²) in [5.41, 5.74) is 5.18. The van der Waals surface area contributed by atoms with E-state index in [-0.39, 0.29) is 17.3 Å². The molecule has 2 aromatic heterocycles. The molecule has 2 heterocycles. The zero-order valence-corrected chi connectivity index (χ0v) is 22.2. The van der Waals surface area contributed by atoms with Crippen LogP contribution >= 0.6 is 11.8 Å². The lowest BCUT2D eigenvalue weighted by molar-refractivity contribution is -0.115. The zero-order valence-electron chi connectivity index (χ0n) is 21.4. The molecule has 1 atom stereocenters. The van der Waals surface area contributed by atoms with Gasteiger partial charge in [-0.15, -0.1) is 0 Å². The number of nitrogens with zero attached hydrogens (tertiary/aromatic N) is 3. The van der Waals surface area contributed by atoms with Crippen LogP contribution in [-0.4, -0.2) is 25.9 Å². The van der Waals surface area contributed by atoms with Gasteiger partial charge in [0, 0.05) is 17.2 Å². The first-order valence-corrected chi connectivity index (χ1v) is 13.2. The summed E-state index contributed by atoms with van der Waals surface area (Å²) in [6, 6.07) is 32.4. The maximum atomic E-state index is 13.1. The topological polar surface area (TPSA) is 104 Å². The molecule has 1 unspecified atom stereocenters. The molecule has 0 spiro atoms. The van der Waals surface area contributed by atoms with Gasteiger partial charge < -0.3 is 5.32 Å². The molecule has 0 radical (unpaired) electrons. The number of aromatic amines is 1. The number of carbonyl (C=O) groups excluding carboxylic acids is 1. The standard InChI is InChI=1S/C31H25N5O2S/c1-20-13-15-22(16-14-20)25-17-27(23-9-5-3-6-10-23)33-31(26(25)19-32)39-21(2)30(38)34-28-18-29(37)36(35-28)24-11-7-4-8-12-24/h3-18,21,35H,1-2H3,(H,34,38). The number of anilines is 1. The van der Waals surface area contributed by atoms with E-state index >= 15 is 0 Å². The van der Waals surface area contributed by atoms with Gasteiger partial charge in [0.05, 0.1) is 22.2 Å². The molecule has 0 fully saturated rings. The molecule has 0 aliphatic carbocycles. The first-order valence-electron chi connectivity index (χ1n) is 12.4. The van der Waals surface area contributed by atoms with Gasteiger partial charge in [0.2, 0.25) is 5.91 Å². The van der Waals surface area contributed by atoms with Crippen LogP contribution in [0.15, 0.2) is 107 Å². The van der Waals surface area contributed by atoms with E-state index in [2.05, 4.69) is 16.5 Å². The van der Waals surface area contributed by atoms with E-state index in [0.29, 0.717) is 22.0 Å². The summed E-state index contributed by atoms with van der Waals surface area (Å²) in [7, 11) is 0. The summed E-state index contributed by atoms with van der Waals surface area (Å²) in [6.07, 6.45) is 0. The van der Waals surface area contributed by atoms with Crippen LogP contribution in [0.4, 0.5) is 5.82 Å². The first kappa shape index (κ1) is 25.8. The van der Waals surface area contributed by atoms with Crippen LogP contribution in [0.5, 0.6) is 0 Å². The Kier molecular flexibility index (Phi) is 7.43. The molecule has 0 saturated carbocycles. The van der Waals surface area contributed by atoms with Crippen LogP contribution in [0.3, 0.4) is 0 Å². The average Bonchev–Trinajstić information content (AvgIpc) is 3.33. The van der Waals surface area contributed by atoms with E-state index in [1.165, 1.54) is 22.5 Å². The quantitative estimate of drug-likeness (QED) is 0.244. The van der Waals surface area contributed by atoms with Crippen molar-refractivity contribution < 1.29 is 4.79 Å². The Morgan fingerprint density at radius 1 is 0.974 bits per heavy atom. The Morgan fingerprint density at radius 3 is 2.31 bits per heavy atom. The van der Waals surface area contributed by atoms with Crippen molar-refractivity contribution in [2.75, 3.05) is 5.32 Å². The van der Waals surface area contributed by atoms with Crippen molar-refractivity contribution in [3.63, 3.8) is 0 Å². The first-order chi connectivity index (χ1) is 18.9. The second-order valence-corrected chi connectivity index (χ2v) is 10.3. The maximum Gasteiger partial charge on any atom is 0.273 e. The number of para-hydroxylation sites is 1. The Labute approximate surface area is 230 Å². The number of hydrogen-bond acceptors (Lipinski definition) is 5. The number of hydrogen-bond donors (Lipinski definition) is 2. The monoisotopic (exact) mass is 531 g/mol. The lowest BCUT2D eigenvalue weighted by Gasteiger charge is -2.15. The van der Waals surface area contributed by atoms with Gasteiger partial charge in [0.15, 0.2) is 0 Å². The number of amides is 1. The Balaban J connectivity index is 1.46. The molecule has 5 rings (SSSR count). The second-order valence-electron chi connectivity index (χ2n) is 9.01. The smallest absolute Gasteiger partial charge is 0.273 e. The Hall–Kier alpha value is -4.87. The minimum absolute atomic E-state index is 0.285. The Bertz CT molecular complexity index is 1720. The van der Waals surface area contributed by atoms with Gasteiger partial charge in [-0.2, -0.15) is 5.26 Å². The third-order valence-electron chi connectivity index (χ3n) is 6.18. The summed E-state index contributed by atoms with van der Waals surface area (Å²) < 4.78 is 1.36. The number of pyridine rings is 1. The van der Waals surface area contributed by atoms with Gasteiger partial charge >= 0.3 is 0 Å². The summed E-state index contributed by atoms with van der Waals surface area (Å²) in [6.45, 7) is 3.76. The van der Waals surface area contributed by atoms with E-state index in [0.717, 1.165) is 22.3 Å². The number of thioether (sulfide) groups is 1. The molecule has 2 N–H and O–H groups in total. The number of H-pyrrole nitrogens is 1. The fraction of sp³-hybridized carbons (Fsp3) is 0.0968. The van der Waals surface area contributed by atoms with Crippen molar-refractivity contribution in [3.05, 3.63) is 119 Å². The molecule has 0 bridgehead atoms. The third kappa shape index (κ3) is 5.69. The number of nitrogens with one attached hydrogen (secondary N) is 2. The van der Waals surface area contributed by atoms with Gasteiger partial charge in [0.1, 0.15) is 16.9 Å². The van der Waals surface area contributed by atoms with Gasteiger partial charge in [-0.3, -0.25) is 14.7 Å². The second kappa shape index (κ2) is 11.3. The lowest BCUT2D eigenvalue weighted by atomic mass is 9.98.